The van der Waals surface area contributed by atoms with Crippen molar-refractivity contribution in [3.05, 3.63) is 0 Å². The number of rotatable bonds is 4. The molecule has 0 aromatic heterocycles. The molecule has 2 heteroatoms. The quantitative estimate of drug-likeness (QED) is 0.708. The van der Waals surface area contributed by atoms with Gasteiger partial charge in [-0.05, 0) is 25.7 Å². The van der Waals surface area contributed by atoms with Gasteiger partial charge in [0.25, 0.3) is 0 Å². The van der Waals surface area contributed by atoms with Crippen molar-refractivity contribution < 1.29 is 0 Å². The fourth-order valence-corrected chi connectivity index (χ4v) is 2.13. The van der Waals surface area contributed by atoms with E-state index < -0.39 is 0 Å². The van der Waals surface area contributed by atoms with Crippen LogP contribution in [0.3, 0.4) is 0 Å². The summed E-state index contributed by atoms with van der Waals surface area (Å²) in [6.45, 7) is 4.56. The lowest BCUT2D eigenvalue weighted by Gasteiger charge is -2.27. The van der Waals surface area contributed by atoms with Crippen molar-refractivity contribution in [2.24, 2.45) is 0 Å². The molecular formula is C11H26N2. The zero-order valence-corrected chi connectivity index (χ0v) is 9.31. The Morgan fingerprint density at radius 1 is 1.08 bits per heavy atom. The van der Waals surface area contributed by atoms with Gasteiger partial charge in [0.05, 0.1) is 0 Å². The molecule has 0 spiro atoms. The van der Waals surface area contributed by atoms with Crippen molar-refractivity contribution in [3.8, 4) is 0 Å². The van der Waals surface area contributed by atoms with Crippen LogP contribution >= 0.6 is 0 Å². The van der Waals surface area contributed by atoms with Crippen LogP contribution < -0.4 is 11.5 Å². The van der Waals surface area contributed by atoms with E-state index in [9.17, 15) is 0 Å². The van der Waals surface area contributed by atoms with Crippen LogP contribution in [-0.2, 0) is 0 Å². The highest BCUT2D eigenvalue weighted by Crippen LogP contribution is 2.18. The van der Waals surface area contributed by atoms with Crippen LogP contribution in [0.5, 0.6) is 0 Å². The van der Waals surface area contributed by atoms with Crippen molar-refractivity contribution >= 4 is 0 Å². The lowest BCUT2D eigenvalue weighted by atomic mass is 9.94. The van der Waals surface area contributed by atoms with Crippen molar-refractivity contribution in [3.63, 3.8) is 0 Å². The molecule has 1 aliphatic carbocycles. The molecule has 80 valence electrons. The molecule has 4 N–H and O–H groups in total. The summed E-state index contributed by atoms with van der Waals surface area (Å²) in [4.78, 5) is 0. The minimum Gasteiger partial charge on any atom is -0.344 e. The highest BCUT2D eigenvalue weighted by Gasteiger charge is 2.15. The molecule has 1 fully saturated rings. The van der Waals surface area contributed by atoms with Gasteiger partial charge in [-0.15, -0.1) is 0 Å². The third-order valence-electron chi connectivity index (χ3n) is 3.06. The Kier molecular flexibility index (Phi) is 7.29. The topological polar surface area (TPSA) is 47.0 Å². The molecule has 13 heavy (non-hydrogen) atoms. The molecule has 1 aliphatic rings. The highest BCUT2D eigenvalue weighted by molar-refractivity contribution is 4.75. The number of nitrogens with one attached hydrogen (secondary N) is 1. The minimum absolute atomic E-state index is 0. The first-order valence-electron chi connectivity index (χ1n) is 5.62. The molecule has 1 saturated carbocycles. The van der Waals surface area contributed by atoms with Crippen LogP contribution in [0, 0.1) is 0 Å². The maximum absolute atomic E-state index is 3.76. The van der Waals surface area contributed by atoms with Gasteiger partial charge in [-0.2, -0.15) is 0 Å². The van der Waals surface area contributed by atoms with E-state index in [2.05, 4.69) is 19.2 Å². The van der Waals surface area contributed by atoms with Gasteiger partial charge in [0, 0.05) is 12.1 Å². The maximum atomic E-state index is 3.76. The molecule has 0 heterocycles. The standard InChI is InChI=1S/C11H23N.H3N/c1-3-10(4-2)12-11-8-6-5-7-9-11;/h10-12H,3-9H2,1-2H3;1H3. The van der Waals surface area contributed by atoms with Gasteiger partial charge in [-0.25, -0.2) is 0 Å². The number of hydrogen-bond donors (Lipinski definition) is 2. The molecule has 0 saturated heterocycles. The largest absolute Gasteiger partial charge is 0.344 e. The summed E-state index contributed by atoms with van der Waals surface area (Å²) in [6, 6.07) is 1.61. The lowest BCUT2D eigenvalue weighted by Crippen LogP contribution is -2.38. The van der Waals surface area contributed by atoms with Crippen molar-refractivity contribution in [1.82, 2.24) is 11.5 Å². The predicted octanol–water partition coefficient (Wildman–Crippen LogP) is 3.26. The van der Waals surface area contributed by atoms with E-state index in [1.54, 1.807) is 0 Å². The Labute approximate surface area is 83.1 Å². The molecule has 0 aromatic rings. The Balaban J connectivity index is 0.00000144. The maximum Gasteiger partial charge on any atom is 0.00696 e. The molecule has 1 rings (SSSR count). The van der Waals surface area contributed by atoms with Crippen molar-refractivity contribution in [2.75, 3.05) is 0 Å². The first kappa shape index (κ1) is 12.9. The second kappa shape index (κ2) is 7.34. The Hall–Kier alpha value is -0.0800. The summed E-state index contributed by atoms with van der Waals surface area (Å²) in [7, 11) is 0. The third kappa shape index (κ3) is 4.63. The first-order valence-corrected chi connectivity index (χ1v) is 5.62. The number of hydrogen-bond acceptors (Lipinski definition) is 2. The monoisotopic (exact) mass is 186 g/mol. The molecule has 0 atom stereocenters. The summed E-state index contributed by atoms with van der Waals surface area (Å²) >= 11 is 0. The fraction of sp³-hybridized carbons (Fsp3) is 1.00. The molecule has 0 unspecified atom stereocenters. The van der Waals surface area contributed by atoms with Crippen LogP contribution in [0.2, 0.25) is 0 Å². The van der Waals surface area contributed by atoms with E-state index in [1.165, 1.54) is 44.9 Å². The molecule has 0 radical (unpaired) electrons. The van der Waals surface area contributed by atoms with Gasteiger partial charge in [-0.1, -0.05) is 33.1 Å². The van der Waals surface area contributed by atoms with Gasteiger partial charge in [0.1, 0.15) is 0 Å². The zero-order chi connectivity index (χ0) is 8.81. The van der Waals surface area contributed by atoms with Crippen LogP contribution in [-0.4, -0.2) is 12.1 Å². The van der Waals surface area contributed by atoms with Gasteiger partial charge in [0.15, 0.2) is 0 Å². The van der Waals surface area contributed by atoms with Crippen LogP contribution in [0.4, 0.5) is 0 Å². The van der Waals surface area contributed by atoms with E-state index in [-0.39, 0.29) is 6.15 Å². The van der Waals surface area contributed by atoms with Gasteiger partial charge in [0.2, 0.25) is 0 Å². The van der Waals surface area contributed by atoms with Crippen LogP contribution in [0.1, 0.15) is 58.8 Å². The Morgan fingerprint density at radius 2 is 1.62 bits per heavy atom. The summed E-state index contributed by atoms with van der Waals surface area (Å²) < 4.78 is 0. The normalized spacial score (nSPS) is 18.7. The Bertz CT molecular complexity index is 105. The molecular weight excluding hydrogens is 160 g/mol. The molecule has 0 amide bonds. The molecule has 0 aromatic carbocycles. The average molecular weight is 186 g/mol. The molecule has 0 aliphatic heterocycles. The first-order chi connectivity index (χ1) is 5.86. The summed E-state index contributed by atoms with van der Waals surface area (Å²) in [5.41, 5.74) is 0. The van der Waals surface area contributed by atoms with Crippen LogP contribution in [0.15, 0.2) is 0 Å². The Morgan fingerprint density at radius 3 is 2.08 bits per heavy atom. The van der Waals surface area contributed by atoms with E-state index in [0.29, 0.717) is 0 Å². The lowest BCUT2D eigenvalue weighted by molar-refractivity contribution is 0.327. The highest BCUT2D eigenvalue weighted by atomic mass is 14.9. The zero-order valence-electron chi connectivity index (χ0n) is 9.31. The fourth-order valence-electron chi connectivity index (χ4n) is 2.13. The van der Waals surface area contributed by atoms with Crippen molar-refractivity contribution in [2.45, 2.75) is 70.9 Å². The molecule has 0 bridgehead atoms. The summed E-state index contributed by atoms with van der Waals surface area (Å²) in [6.07, 6.45) is 9.74. The van der Waals surface area contributed by atoms with E-state index in [4.69, 9.17) is 0 Å². The van der Waals surface area contributed by atoms with Gasteiger partial charge < -0.3 is 11.5 Å². The second-order valence-electron chi connectivity index (χ2n) is 4.02. The average Bonchev–Trinajstić information content (AvgIpc) is 2.16. The van der Waals surface area contributed by atoms with Crippen LogP contribution in [0.25, 0.3) is 0 Å². The van der Waals surface area contributed by atoms with E-state index in [1.807, 2.05) is 0 Å². The SMILES string of the molecule is CCC(CC)NC1CCCCC1.N. The predicted molar refractivity (Wildman–Crippen MR) is 59.4 cm³/mol. The van der Waals surface area contributed by atoms with Gasteiger partial charge >= 0.3 is 0 Å². The van der Waals surface area contributed by atoms with Gasteiger partial charge in [-0.3, -0.25) is 0 Å². The van der Waals surface area contributed by atoms with E-state index in [0.717, 1.165) is 12.1 Å². The van der Waals surface area contributed by atoms with E-state index >= 15 is 0 Å². The summed E-state index contributed by atoms with van der Waals surface area (Å²) in [5, 5.41) is 3.76. The minimum atomic E-state index is 0. The smallest absolute Gasteiger partial charge is 0.00696 e. The second-order valence-corrected chi connectivity index (χ2v) is 4.02. The summed E-state index contributed by atoms with van der Waals surface area (Å²) in [5.74, 6) is 0. The van der Waals surface area contributed by atoms with Crippen molar-refractivity contribution in [1.29, 1.82) is 0 Å². The third-order valence-corrected chi connectivity index (χ3v) is 3.06. The molecule has 2 nitrogen and oxygen atoms in total.